The molecule has 0 aromatic carbocycles. The van der Waals surface area contributed by atoms with Crippen LogP contribution in [0.1, 0.15) is 26.7 Å². The Morgan fingerprint density at radius 2 is 0.592 bits per heavy atom. The van der Waals surface area contributed by atoms with E-state index in [1.54, 1.807) is 13.8 Å². The molecule has 6 rings (SSSR count). The van der Waals surface area contributed by atoms with E-state index in [1.807, 2.05) is 0 Å². The fourth-order valence-electron chi connectivity index (χ4n) is 10.0. The summed E-state index contributed by atoms with van der Waals surface area (Å²) in [5.74, 6) is -2.73. The highest BCUT2D eigenvalue weighted by molar-refractivity contribution is 4.98. The van der Waals surface area contributed by atoms with Crippen molar-refractivity contribution in [2.45, 2.75) is 193 Å². The van der Waals surface area contributed by atoms with Crippen LogP contribution in [0, 0.1) is 17.8 Å². The highest BCUT2D eigenvalue weighted by Crippen LogP contribution is 2.37. The Kier molecular flexibility index (Phi) is 21.9. The number of aliphatic hydroxyl groups excluding tert-OH is 17. The van der Waals surface area contributed by atoms with Crippen molar-refractivity contribution in [3.05, 3.63) is 0 Å². The van der Waals surface area contributed by atoms with Gasteiger partial charge in [-0.25, -0.2) is 0 Å². The van der Waals surface area contributed by atoms with Crippen LogP contribution < -0.4 is 0 Å². The molecule has 0 radical (unpaired) electrons. The van der Waals surface area contributed by atoms with E-state index in [-0.39, 0.29) is 6.42 Å². The summed E-state index contributed by atoms with van der Waals surface area (Å²) in [6, 6.07) is 0. The maximum absolute atomic E-state index is 11.5. The minimum absolute atomic E-state index is 0.269. The molecule has 6 fully saturated rings. The smallest absolute Gasteiger partial charge is 0.187 e. The van der Waals surface area contributed by atoms with Crippen molar-refractivity contribution in [3.8, 4) is 0 Å². The summed E-state index contributed by atoms with van der Waals surface area (Å²) in [4.78, 5) is 0. The lowest BCUT2D eigenvalue weighted by molar-refractivity contribution is -0.383. The van der Waals surface area contributed by atoms with Gasteiger partial charge in [0.1, 0.15) is 91.6 Å². The SMILES string of the molecule is CC[C@@H]1C(CO)O[C@H](O[C@@H]2C(CO[C@@H]3OC(CO)[C@@H](CO[C@H]4OC(CO)[C@@H](O[C@H]5OC(CO)[C@@H](CC)[C@H](O)C5O)[C@H](O)C4O)[C@H](O)C3O)O[C@H](O[C@@H]3C(CO)O[C@H](OC)C(O)[C@H]3O)C(O)[C@H]2O)C(O)[C@H]1O. The number of rotatable bonds is 20. The second kappa shape index (κ2) is 26.3. The van der Waals surface area contributed by atoms with Gasteiger partial charge in [-0.3, -0.25) is 0 Å². The molecule has 30 atom stereocenters. The maximum atomic E-state index is 11.5. The van der Waals surface area contributed by atoms with Gasteiger partial charge in [0.15, 0.2) is 37.7 Å². The highest BCUT2D eigenvalue weighted by Gasteiger charge is 2.56. The molecule has 0 amide bonds. The Labute approximate surface area is 407 Å². The van der Waals surface area contributed by atoms with Gasteiger partial charge in [-0.05, 0) is 12.8 Å². The molecule has 0 saturated carbocycles. The lowest BCUT2D eigenvalue weighted by atomic mass is 9.87. The standard InChI is InChI=1S/C42H74O29/c1-4-13-16(6-43)64-40(29(55)22(13)48)69-35-20(10-47)67-39(32(58)26(35)52)61-11-15-18(8-45)63-38(28(54)24(15)50)62-12-21-36(71-41-30(56)23(49)14(5-2)17(7-44)65-41)27(53)33(59)42(68-21)70-34-19(9-46)66-37(60-3)31(57)25(34)51/h13-59H,4-12H2,1-3H3/t13-,14-,15-,16?,17?,18?,19?,20?,21?,22+,23+,24+,25-,26-,27-,28?,29?,30?,31?,32?,33?,34-,35-,36-,37+,38-,39+,40-,41-,42-/m1/s1. The molecule has 17 N–H and O–H groups in total. The first-order valence-corrected chi connectivity index (χ1v) is 23.7. The average Bonchev–Trinajstić information content (AvgIpc) is 3.37. The molecule has 0 aromatic heterocycles. The first-order valence-electron chi connectivity index (χ1n) is 23.7. The molecule has 6 aliphatic rings. The maximum Gasteiger partial charge on any atom is 0.187 e. The number of aliphatic hydroxyl groups is 17. The summed E-state index contributed by atoms with van der Waals surface area (Å²) in [7, 11) is 1.17. The summed E-state index contributed by atoms with van der Waals surface area (Å²) >= 11 is 0. The molecule has 12 unspecified atom stereocenters. The minimum atomic E-state index is -2.07. The van der Waals surface area contributed by atoms with Crippen molar-refractivity contribution in [2.75, 3.05) is 53.4 Å². The highest BCUT2D eigenvalue weighted by atomic mass is 16.8. The molecular formula is C42H74O29. The summed E-state index contributed by atoms with van der Waals surface area (Å²) in [6.07, 6.45) is -44.3. The third-order valence-electron chi connectivity index (χ3n) is 14.3. The van der Waals surface area contributed by atoms with Gasteiger partial charge in [0.05, 0.1) is 82.9 Å². The summed E-state index contributed by atoms with van der Waals surface area (Å²) < 4.78 is 68.3. The average molecular weight is 1040 g/mol. The van der Waals surface area contributed by atoms with Crippen LogP contribution in [0.3, 0.4) is 0 Å². The summed E-state index contributed by atoms with van der Waals surface area (Å²) in [5, 5.41) is 183. The van der Waals surface area contributed by atoms with Crippen LogP contribution in [0.4, 0.5) is 0 Å². The number of ether oxygens (including phenoxy) is 12. The molecule has 6 heterocycles. The van der Waals surface area contributed by atoms with Crippen LogP contribution in [0.2, 0.25) is 0 Å². The van der Waals surface area contributed by atoms with Crippen LogP contribution >= 0.6 is 0 Å². The topological polar surface area (TPSA) is 455 Å². The Bertz CT molecular complexity index is 1570. The predicted molar refractivity (Wildman–Crippen MR) is 224 cm³/mol. The molecule has 29 heteroatoms. The number of hydrogen-bond acceptors (Lipinski definition) is 29. The normalized spacial score (nSPS) is 51.0. The zero-order chi connectivity index (χ0) is 52.2. The Morgan fingerprint density at radius 1 is 0.310 bits per heavy atom. The van der Waals surface area contributed by atoms with Gasteiger partial charge in [-0.15, -0.1) is 0 Å². The van der Waals surface area contributed by atoms with E-state index in [0.29, 0.717) is 6.42 Å². The second-order valence-electron chi connectivity index (χ2n) is 18.6. The van der Waals surface area contributed by atoms with E-state index in [1.165, 1.54) is 7.11 Å². The van der Waals surface area contributed by atoms with Gasteiger partial charge < -0.3 is 144 Å². The van der Waals surface area contributed by atoms with Crippen LogP contribution in [0.25, 0.3) is 0 Å². The van der Waals surface area contributed by atoms with E-state index in [9.17, 15) is 86.8 Å². The third-order valence-corrected chi connectivity index (χ3v) is 14.3. The van der Waals surface area contributed by atoms with Crippen LogP contribution in [0.15, 0.2) is 0 Å². The van der Waals surface area contributed by atoms with Crippen molar-refractivity contribution in [1.29, 1.82) is 0 Å². The molecule has 6 aliphatic heterocycles. The van der Waals surface area contributed by atoms with E-state index in [0.717, 1.165) is 0 Å². The molecule has 6 saturated heterocycles. The molecular weight excluding hydrogens is 968 g/mol. The molecule has 0 aliphatic carbocycles. The zero-order valence-electron chi connectivity index (χ0n) is 39.2. The third kappa shape index (κ3) is 12.5. The molecule has 0 spiro atoms. The van der Waals surface area contributed by atoms with Crippen LogP contribution in [0.5, 0.6) is 0 Å². The van der Waals surface area contributed by atoms with Crippen molar-refractivity contribution < 1.29 is 144 Å². The molecule has 416 valence electrons. The van der Waals surface area contributed by atoms with Gasteiger partial charge in [-0.2, -0.15) is 0 Å². The van der Waals surface area contributed by atoms with E-state index >= 15 is 0 Å². The van der Waals surface area contributed by atoms with Gasteiger partial charge >= 0.3 is 0 Å². The van der Waals surface area contributed by atoms with E-state index < -0.39 is 230 Å². The second-order valence-corrected chi connectivity index (χ2v) is 18.6. The minimum Gasteiger partial charge on any atom is -0.394 e. The van der Waals surface area contributed by atoms with Crippen molar-refractivity contribution in [1.82, 2.24) is 0 Å². The first-order chi connectivity index (χ1) is 33.8. The summed E-state index contributed by atoms with van der Waals surface area (Å²) in [6.45, 7) is -1.71. The largest absolute Gasteiger partial charge is 0.394 e. The first kappa shape index (κ1) is 59.1. The van der Waals surface area contributed by atoms with E-state index in [4.69, 9.17) is 56.8 Å². The van der Waals surface area contributed by atoms with Crippen molar-refractivity contribution >= 4 is 0 Å². The van der Waals surface area contributed by atoms with Crippen LogP contribution in [-0.2, 0) is 56.8 Å². The lowest BCUT2D eigenvalue weighted by Gasteiger charge is -2.49. The quantitative estimate of drug-likeness (QED) is 0.0538. The van der Waals surface area contributed by atoms with Crippen molar-refractivity contribution in [2.24, 2.45) is 17.8 Å². The summed E-state index contributed by atoms with van der Waals surface area (Å²) in [5.41, 5.74) is 0. The zero-order valence-corrected chi connectivity index (χ0v) is 39.2. The lowest BCUT2D eigenvalue weighted by Crippen LogP contribution is -2.66. The molecule has 0 bridgehead atoms. The Morgan fingerprint density at radius 3 is 1.00 bits per heavy atom. The Hall–Kier alpha value is -1.16. The van der Waals surface area contributed by atoms with Gasteiger partial charge in [0.2, 0.25) is 0 Å². The predicted octanol–water partition coefficient (Wildman–Crippen LogP) is -9.87. The number of methoxy groups -OCH3 is 1. The van der Waals surface area contributed by atoms with Crippen LogP contribution in [-0.4, -0.2) is 306 Å². The van der Waals surface area contributed by atoms with Gasteiger partial charge in [-0.1, -0.05) is 13.8 Å². The van der Waals surface area contributed by atoms with Gasteiger partial charge in [0, 0.05) is 24.9 Å². The Balaban J connectivity index is 1.13. The monoisotopic (exact) mass is 1040 g/mol. The molecule has 29 nitrogen and oxygen atoms in total. The van der Waals surface area contributed by atoms with Crippen molar-refractivity contribution in [3.63, 3.8) is 0 Å². The molecule has 71 heavy (non-hydrogen) atoms. The van der Waals surface area contributed by atoms with E-state index in [2.05, 4.69) is 0 Å². The molecule has 0 aromatic rings. The number of hydrogen-bond donors (Lipinski definition) is 17. The van der Waals surface area contributed by atoms with Gasteiger partial charge in [0.25, 0.3) is 0 Å². The fraction of sp³-hybridized carbons (Fsp3) is 1.00. The fourth-order valence-corrected chi connectivity index (χ4v) is 10.0.